The lowest BCUT2D eigenvalue weighted by atomic mass is 10.1. The average molecular weight is 288 g/mol. The van der Waals surface area contributed by atoms with Gasteiger partial charge in [0.15, 0.2) is 5.78 Å². The Morgan fingerprint density at radius 2 is 2.19 bits per heavy atom. The molecule has 0 atom stereocenters. The van der Waals surface area contributed by atoms with Crippen molar-refractivity contribution < 1.29 is 14.5 Å². The third kappa shape index (κ3) is 3.72. The van der Waals surface area contributed by atoms with Crippen LogP contribution in [0, 0.1) is 10.1 Å². The molecule has 0 saturated carbocycles. The Hall–Kier alpha value is -3.03. The van der Waals surface area contributed by atoms with E-state index < -0.39 is 10.8 Å². The number of ketones is 1. The van der Waals surface area contributed by atoms with Crippen molar-refractivity contribution >= 4 is 23.1 Å². The molecule has 21 heavy (non-hydrogen) atoms. The minimum atomic E-state index is -0.586. The van der Waals surface area contributed by atoms with E-state index in [-0.39, 0.29) is 18.0 Å². The summed E-state index contributed by atoms with van der Waals surface area (Å²) in [5.74, 6) is -0.498. The Morgan fingerprint density at radius 3 is 2.81 bits per heavy atom. The first-order chi connectivity index (χ1) is 9.95. The van der Waals surface area contributed by atoms with Crippen LogP contribution < -0.4 is 5.32 Å². The molecule has 108 valence electrons. The lowest BCUT2D eigenvalue weighted by Crippen LogP contribution is -2.19. The van der Waals surface area contributed by atoms with E-state index >= 15 is 0 Å². The first-order valence-electron chi connectivity index (χ1n) is 6.03. The maximum Gasteiger partial charge on any atom is 0.307 e. The molecule has 0 spiro atoms. The van der Waals surface area contributed by atoms with Crippen molar-refractivity contribution in [1.82, 2.24) is 9.78 Å². The second kappa shape index (κ2) is 5.95. The number of anilines is 1. The fraction of sp³-hybridized carbons (Fsp3) is 0.154. The van der Waals surface area contributed by atoms with Gasteiger partial charge in [0.1, 0.15) is 18.9 Å². The maximum atomic E-state index is 11.8. The van der Waals surface area contributed by atoms with Crippen molar-refractivity contribution in [2.45, 2.75) is 13.5 Å². The Labute approximate surface area is 119 Å². The third-order valence-electron chi connectivity index (χ3n) is 2.69. The predicted molar refractivity (Wildman–Crippen MR) is 74.0 cm³/mol. The molecular formula is C13H12N4O4. The summed E-state index contributed by atoms with van der Waals surface area (Å²) >= 11 is 0. The molecule has 0 unspecified atom stereocenters. The molecule has 1 heterocycles. The SMILES string of the molecule is CC(=O)c1cccc(NC(=O)Cn2cc([N+](=O)[O-])cn2)c1. The molecule has 0 aliphatic rings. The number of amides is 1. The third-order valence-corrected chi connectivity index (χ3v) is 2.69. The Kier molecular flexibility index (Phi) is 4.07. The molecule has 0 bridgehead atoms. The molecule has 2 aromatic rings. The molecule has 0 aliphatic carbocycles. The summed E-state index contributed by atoms with van der Waals surface area (Å²) in [7, 11) is 0. The van der Waals surface area contributed by atoms with Gasteiger partial charge < -0.3 is 5.32 Å². The standard InChI is InChI=1S/C13H12N4O4/c1-9(18)10-3-2-4-11(5-10)15-13(19)8-16-7-12(6-14-16)17(20)21/h2-7H,8H2,1H3,(H,15,19). The summed E-state index contributed by atoms with van der Waals surface area (Å²) in [6.45, 7) is 1.28. The molecule has 0 radical (unpaired) electrons. The van der Waals surface area contributed by atoms with Gasteiger partial charge in [-0.05, 0) is 19.1 Å². The van der Waals surface area contributed by atoms with Crippen LogP contribution in [0.25, 0.3) is 0 Å². The smallest absolute Gasteiger partial charge is 0.307 e. The lowest BCUT2D eigenvalue weighted by Gasteiger charge is -2.06. The maximum absolute atomic E-state index is 11.8. The molecule has 8 nitrogen and oxygen atoms in total. The van der Waals surface area contributed by atoms with E-state index in [1.54, 1.807) is 24.3 Å². The normalized spacial score (nSPS) is 10.1. The van der Waals surface area contributed by atoms with E-state index in [0.717, 1.165) is 6.20 Å². The van der Waals surface area contributed by atoms with Crippen LogP contribution in [0.4, 0.5) is 11.4 Å². The Bertz CT molecular complexity index is 708. The number of carbonyl (C=O) groups excluding carboxylic acids is 2. The van der Waals surface area contributed by atoms with Crippen molar-refractivity contribution in [1.29, 1.82) is 0 Å². The molecule has 1 N–H and O–H groups in total. The first kappa shape index (κ1) is 14.4. The van der Waals surface area contributed by atoms with Crippen LogP contribution in [0.1, 0.15) is 17.3 Å². The van der Waals surface area contributed by atoms with E-state index in [0.29, 0.717) is 11.3 Å². The Balaban J connectivity index is 2.02. The number of hydrogen-bond acceptors (Lipinski definition) is 5. The minimum Gasteiger partial charge on any atom is -0.324 e. The Morgan fingerprint density at radius 1 is 1.43 bits per heavy atom. The first-order valence-corrected chi connectivity index (χ1v) is 6.03. The quantitative estimate of drug-likeness (QED) is 0.511. The second-order valence-electron chi connectivity index (χ2n) is 4.34. The number of nitrogens with one attached hydrogen (secondary N) is 1. The predicted octanol–water partition coefficient (Wildman–Crippen LogP) is 1.63. The lowest BCUT2D eigenvalue weighted by molar-refractivity contribution is -0.385. The number of rotatable bonds is 5. The van der Waals surface area contributed by atoms with Gasteiger partial charge >= 0.3 is 5.69 Å². The van der Waals surface area contributed by atoms with Gasteiger partial charge in [0.25, 0.3) is 0 Å². The second-order valence-corrected chi connectivity index (χ2v) is 4.34. The highest BCUT2D eigenvalue weighted by Crippen LogP contribution is 2.12. The van der Waals surface area contributed by atoms with Crippen molar-refractivity contribution in [3.05, 3.63) is 52.3 Å². The number of nitrogens with zero attached hydrogens (tertiary/aromatic N) is 3. The van der Waals surface area contributed by atoms with E-state index in [2.05, 4.69) is 10.4 Å². The van der Waals surface area contributed by atoms with Crippen LogP contribution in [-0.4, -0.2) is 26.4 Å². The minimum absolute atomic E-state index is 0.103. The summed E-state index contributed by atoms with van der Waals surface area (Å²) in [4.78, 5) is 33.0. The number of benzene rings is 1. The fourth-order valence-electron chi connectivity index (χ4n) is 1.70. The summed E-state index contributed by atoms with van der Waals surface area (Å²) in [6.07, 6.45) is 2.25. The molecule has 0 fully saturated rings. The monoisotopic (exact) mass is 288 g/mol. The number of aromatic nitrogens is 2. The fourth-order valence-corrected chi connectivity index (χ4v) is 1.70. The molecule has 2 rings (SSSR count). The zero-order valence-electron chi connectivity index (χ0n) is 11.1. The van der Waals surface area contributed by atoms with E-state index in [9.17, 15) is 19.7 Å². The molecular weight excluding hydrogens is 276 g/mol. The number of carbonyl (C=O) groups is 2. The van der Waals surface area contributed by atoms with Crippen LogP contribution in [0.5, 0.6) is 0 Å². The summed E-state index contributed by atoms with van der Waals surface area (Å²) < 4.78 is 1.17. The van der Waals surface area contributed by atoms with Gasteiger partial charge in [0.2, 0.25) is 5.91 Å². The van der Waals surface area contributed by atoms with Crippen molar-refractivity contribution in [2.24, 2.45) is 0 Å². The molecule has 0 saturated heterocycles. The van der Waals surface area contributed by atoms with Crippen LogP contribution in [-0.2, 0) is 11.3 Å². The largest absolute Gasteiger partial charge is 0.324 e. The summed E-state index contributed by atoms with van der Waals surface area (Å²) in [5, 5.41) is 16.8. The van der Waals surface area contributed by atoms with Gasteiger partial charge in [-0.3, -0.25) is 24.4 Å². The van der Waals surface area contributed by atoms with E-state index in [1.807, 2.05) is 0 Å². The average Bonchev–Trinajstić information content (AvgIpc) is 2.87. The number of Topliss-reactive ketones (excluding diaryl/α,β-unsaturated/α-hetero) is 1. The molecule has 1 aromatic heterocycles. The van der Waals surface area contributed by atoms with Gasteiger partial charge in [-0.1, -0.05) is 12.1 Å². The van der Waals surface area contributed by atoms with Gasteiger partial charge in [-0.2, -0.15) is 5.10 Å². The van der Waals surface area contributed by atoms with Crippen LogP contribution in [0.15, 0.2) is 36.7 Å². The summed E-state index contributed by atoms with van der Waals surface area (Å²) in [6, 6.07) is 6.52. The topological polar surface area (TPSA) is 107 Å². The highest BCUT2D eigenvalue weighted by molar-refractivity contribution is 5.97. The number of hydrogen-bond donors (Lipinski definition) is 1. The van der Waals surface area contributed by atoms with E-state index in [4.69, 9.17) is 0 Å². The van der Waals surface area contributed by atoms with Gasteiger partial charge in [-0.25, -0.2) is 0 Å². The van der Waals surface area contributed by atoms with Gasteiger partial charge in [-0.15, -0.1) is 0 Å². The molecule has 1 amide bonds. The van der Waals surface area contributed by atoms with E-state index in [1.165, 1.54) is 17.8 Å². The number of nitro groups is 1. The zero-order chi connectivity index (χ0) is 15.4. The molecule has 8 heteroatoms. The van der Waals surface area contributed by atoms with Crippen LogP contribution in [0.3, 0.4) is 0 Å². The van der Waals surface area contributed by atoms with Gasteiger partial charge in [0, 0.05) is 11.3 Å². The highest BCUT2D eigenvalue weighted by atomic mass is 16.6. The zero-order valence-corrected chi connectivity index (χ0v) is 11.1. The molecule has 1 aromatic carbocycles. The van der Waals surface area contributed by atoms with Crippen molar-refractivity contribution in [3.8, 4) is 0 Å². The van der Waals surface area contributed by atoms with Crippen LogP contribution >= 0.6 is 0 Å². The molecule has 0 aliphatic heterocycles. The highest BCUT2D eigenvalue weighted by Gasteiger charge is 2.11. The van der Waals surface area contributed by atoms with Crippen LogP contribution in [0.2, 0.25) is 0 Å². The van der Waals surface area contributed by atoms with Crippen molar-refractivity contribution in [2.75, 3.05) is 5.32 Å². The summed E-state index contributed by atoms with van der Waals surface area (Å²) in [5.41, 5.74) is 0.790. The van der Waals surface area contributed by atoms with Gasteiger partial charge in [0.05, 0.1) is 4.92 Å². The van der Waals surface area contributed by atoms with Crippen molar-refractivity contribution in [3.63, 3.8) is 0 Å².